The van der Waals surface area contributed by atoms with Crippen LogP contribution < -0.4 is 0 Å². The van der Waals surface area contributed by atoms with E-state index in [1.165, 1.54) is 45.2 Å². The first-order chi connectivity index (χ1) is 13.7. The first kappa shape index (κ1) is 22.2. The Morgan fingerprint density at radius 1 is 1.10 bits per heavy atom. The molecular weight excluding hydrogens is 388 g/mol. The van der Waals surface area contributed by atoms with Gasteiger partial charge in [-0.1, -0.05) is 33.1 Å². The molecule has 1 saturated heterocycles. The zero-order valence-electron chi connectivity index (χ0n) is 17.7. The lowest BCUT2D eigenvalue weighted by Gasteiger charge is -2.43. The summed E-state index contributed by atoms with van der Waals surface area (Å²) >= 11 is 0. The molecule has 0 aromatic carbocycles. The topological polar surface area (TPSA) is 63.2 Å². The van der Waals surface area contributed by atoms with Crippen LogP contribution in [0.3, 0.4) is 0 Å². The number of aromatic nitrogens is 4. The van der Waals surface area contributed by atoms with E-state index < -0.39 is 0 Å². The molecule has 4 rings (SSSR count). The maximum Gasteiger partial charge on any atom is 0.168 e. The summed E-state index contributed by atoms with van der Waals surface area (Å²) in [6, 6.07) is 4.96. The number of halogens is 1. The van der Waals surface area contributed by atoms with Crippen molar-refractivity contribution in [1.82, 2.24) is 30.0 Å². The molecule has 3 heterocycles. The molecule has 1 unspecified atom stereocenters. The molecule has 8 heteroatoms. The first-order valence-corrected chi connectivity index (χ1v) is 11.0. The third kappa shape index (κ3) is 5.58. The van der Waals surface area contributed by atoms with Gasteiger partial charge in [0.2, 0.25) is 0 Å². The van der Waals surface area contributed by atoms with Crippen LogP contribution in [-0.4, -0.2) is 62.2 Å². The van der Waals surface area contributed by atoms with Crippen molar-refractivity contribution in [2.45, 2.75) is 71.0 Å². The van der Waals surface area contributed by atoms with Crippen molar-refractivity contribution in [3.05, 3.63) is 30.0 Å². The molecule has 0 N–H and O–H groups in total. The normalized spacial score (nSPS) is 20.7. The predicted molar refractivity (Wildman–Crippen MR) is 115 cm³/mol. The maximum absolute atomic E-state index is 5.51. The minimum absolute atomic E-state index is 0. The molecule has 0 bridgehead atoms. The van der Waals surface area contributed by atoms with Crippen molar-refractivity contribution < 1.29 is 4.42 Å². The Morgan fingerprint density at radius 2 is 1.86 bits per heavy atom. The van der Waals surface area contributed by atoms with Gasteiger partial charge < -0.3 is 4.42 Å². The van der Waals surface area contributed by atoms with E-state index in [0.29, 0.717) is 12.5 Å². The van der Waals surface area contributed by atoms with Crippen LogP contribution in [0, 0.1) is 5.92 Å². The second-order valence-electron chi connectivity index (χ2n) is 8.78. The van der Waals surface area contributed by atoms with Gasteiger partial charge in [0, 0.05) is 32.2 Å². The Labute approximate surface area is 180 Å². The molecular formula is C21H35ClN6O. The quantitative estimate of drug-likeness (QED) is 0.676. The molecule has 1 aliphatic carbocycles. The minimum Gasteiger partial charge on any atom is -0.467 e. The summed E-state index contributed by atoms with van der Waals surface area (Å²) in [5.74, 6) is 2.45. The molecule has 0 spiro atoms. The third-order valence-corrected chi connectivity index (χ3v) is 6.32. The lowest BCUT2D eigenvalue weighted by molar-refractivity contribution is 0.0468. The van der Waals surface area contributed by atoms with Gasteiger partial charge in [-0.2, -0.15) is 0 Å². The minimum atomic E-state index is 0. The molecule has 2 aliphatic rings. The van der Waals surface area contributed by atoms with E-state index in [-0.39, 0.29) is 18.4 Å². The summed E-state index contributed by atoms with van der Waals surface area (Å²) in [7, 11) is 0. The highest BCUT2D eigenvalue weighted by Gasteiger charge is 2.32. The molecule has 7 nitrogen and oxygen atoms in total. The molecule has 1 saturated carbocycles. The van der Waals surface area contributed by atoms with Gasteiger partial charge in [-0.25, -0.2) is 4.68 Å². The lowest BCUT2D eigenvalue weighted by Crippen LogP contribution is -2.52. The van der Waals surface area contributed by atoms with Crippen molar-refractivity contribution in [2.24, 2.45) is 5.92 Å². The van der Waals surface area contributed by atoms with Crippen LogP contribution in [0.2, 0.25) is 0 Å². The average Bonchev–Trinajstić information content (AvgIpc) is 3.39. The lowest BCUT2D eigenvalue weighted by atomic mass is 9.93. The molecule has 2 aromatic rings. The second-order valence-corrected chi connectivity index (χ2v) is 8.78. The molecule has 2 fully saturated rings. The Morgan fingerprint density at radius 3 is 2.52 bits per heavy atom. The fourth-order valence-corrected chi connectivity index (χ4v) is 4.84. The fraction of sp³-hybridized carbons (Fsp3) is 0.762. The summed E-state index contributed by atoms with van der Waals surface area (Å²) in [6.07, 6.45) is 9.78. The van der Waals surface area contributed by atoms with Crippen molar-refractivity contribution in [3.8, 4) is 0 Å². The van der Waals surface area contributed by atoms with Crippen LogP contribution in [0.5, 0.6) is 0 Å². The highest BCUT2D eigenvalue weighted by atomic mass is 35.5. The van der Waals surface area contributed by atoms with Gasteiger partial charge in [0.15, 0.2) is 5.82 Å². The zero-order valence-corrected chi connectivity index (χ0v) is 18.6. The van der Waals surface area contributed by atoms with Gasteiger partial charge in [-0.15, -0.1) is 17.5 Å². The monoisotopic (exact) mass is 422 g/mol. The summed E-state index contributed by atoms with van der Waals surface area (Å²) in [6.45, 7) is 9.69. The Hall–Kier alpha value is -1.44. The van der Waals surface area contributed by atoms with Crippen LogP contribution in [0.15, 0.2) is 22.8 Å². The van der Waals surface area contributed by atoms with Gasteiger partial charge in [0.1, 0.15) is 12.3 Å². The number of nitrogens with zero attached hydrogens (tertiary/aromatic N) is 6. The van der Waals surface area contributed by atoms with E-state index in [4.69, 9.17) is 4.42 Å². The van der Waals surface area contributed by atoms with E-state index >= 15 is 0 Å². The maximum atomic E-state index is 5.51. The van der Waals surface area contributed by atoms with Crippen molar-refractivity contribution in [3.63, 3.8) is 0 Å². The van der Waals surface area contributed by atoms with Crippen molar-refractivity contribution >= 4 is 12.4 Å². The summed E-state index contributed by atoms with van der Waals surface area (Å²) in [5, 5.41) is 12.7. The molecule has 29 heavy (non-hydrogen) atoms. The zero-order chi connectivity index (χ0) is 19.3. The SMILES string of the molecule is CC(C)CC(c1nnnn1Cc1ccco1)N1CCN(C2CCCCC2)CC1.Cl. The highest BCUT2D eigenvalue weighted by molar-refractivity contribution is 5.85. The predicted octanol–water partition coefficient (Wildman–Crippen LogP) is 3.77. The summed E-state index contributed by atoms with van der Waals surface area (Å²) < 4.78 is 7.43. The van der Waals surface area contributed by atoms with Gasteiger partial charge in [-0.3, -0.25) is 9.80 Å². The van der Waals surface area contributed by atoms with Crippen molar-refractivity contribution in [2.75, 3.05) is 26.2 Å². The van der Waals surface area contributed by atoms with Crippen molar-refractivity contribution in [1.29, 1.82) is 0 Å². The first-order valence-electron chi connectivity index (χ1n) is 11.0. The number of furan rings is 1. The van der Waals surface area contributed by atoms with Gasteiger partial charge in [0.25, 0.3) is 0 Å². The number of hydrogen-bond donors (Lipinski definition) is 0. The largest absolute Gasteiger partial charge is 0.467 e. The number of piperazine rings is 1. The summed E-state index contributed by atoms with van der Waals surface area (Å²) in [4.78, 5) is 5.33. The number of tetrazole rings is 1. The molecule has 1 atom stereocenters. The fourth-order valence-electron chi connectivity index (χ4n) is 4.84. The molecule has 1 aliphatic heterocycles. The molecule has 0 radical (unpaired) electrons. The van der Waals surface area contributed by atoms with Gasteiger partial charge >= 0.3 is 0 Å². The van der Waals surface area contributed by atoms with E-state index in [1.54, 1.807) is 6.26 Å². The Balaban J connectivity index is 0.00000240. The Kier molecular flexibility index (Phi) is 8.09. The molecule has 2 aromatic heterocycles. The van der Waals surface area contributed by atoms with Gasteiger partial charge in [-0.05, 0) is 47.7 Å². The smallest absolute Gasteiger partial charge is 0.168 e. The van der Waals surface area contributed by atoms with Crippen LogP contribution in [0.1, 0.15) is 70.0 Å². The highest BCUT2D eigenvalue weighted by Crippen LogP contribution is 2.29. The van der Waals surface area contributed by atoms with Crippen LogP contribution in [0.4, 0.5) is 0 Å². The van der Waals surface area contributed by atoms with E-state index in [1.807, 2.05) is 16.8 Å². The van der Waals surface area contributed by atoms with E-state index in [2.05, 4.69) is 39.2 Å². The summed E-state index contributed by atoms with van der Waals surface area (Å²) in [5.41, 5.74) is 0. The molecule has 162 valence electrons. The third-order valence-electron chi connectivity index (χ3n) is 6.32. The van der Waals surface area contributed by atoms with Crippen LogP contribution in [-0.2, 0) is 6.54 Å². The van der Waals surface area contributed by atoms with Crippen LogP contribution >= 0.6 is 12.4 Å². The van der Waals surface area contributed by atoms with Crippen LogP contribution in [0.25, 0.3) is 0 Å². The van der Waals surface area contributed by atoms with E-state index in [0.717, 1.165) is 37.1 Å². The second kappa shape index (κ2) is 10.5. The molecule has 0 amide bonds. The average molecular weight is 423 g/mol. The standard InChI is InChI=1S/C21H34N6O.ClH/c1-17(2)15-20(21-22-23-24-27(21)16-19-9-6-14-28-19)26-12-10-25(11-13-26)18-7-4-3-5-8-18;/h6,9,14,17-18,20H,3-5,7-8,10-13,15-16H2,1-2H3;1H. The van der Waals surface area contributed by atoms with Gasteiger partial charge in [0.05, 0.1) is 12.3 Å². The number of rotatable bonds is 7. The Bertz CT molecular complexity index is 705. The van der Waals surface area contributed by atoms with E-state index in [9.17, 15) is 0 Å². The number of hydrogen-bond acceptors (Lipinski definition) is 6.